The highest BCUT2D eigenvalue weighted by Crippen LogP contribution is 2.24. The minimum absolute atomic E-state index is 0.155. The van der Waals surface area contributed by atoms with E-state index >= 15 is 0 Å². The number of rotatable bonds is 6. The Balaban J connectivity index is 1.69. The zero-order valence-electron chi connectivity index (χ0n) is 14.4. The molecule has 0 aliphatic carbocycles. The Morgan fingerprint density at radius 2 is 1.96 bits per heavy atom. The highest BCUT2D eigenvalue weighted by Gasteiger charge is 2.36. The van der Waals surface area contributed by atoms with Crippen LogP contribution in [0.15, 0.2) is 48.5 Å². The molecule has 0 aromatic heterocycles. The van der Waals surface area contributed by atoms with Crippen molar-refractivity contribution in [1.29, 1.82) is 0 Å². The number of ether oxygens (including phenoxy) is 1. The Bertz CT molecular complexity index is 765. The van der Waals surface area contributed by atoms with Crippen molar-refractivity contribution in [1.82, 2.24) is 4.90 Å². The average molecular weight is 359 g/mol. The lowest BCUT2D eigenvalue weighted by atomic mass is 9.93. The molecule has 0 amide bonds. The number of carboxylic acids is 1. The van der Waals surface area contributed by atoms with Crippen LogP contribution in [0.25, 0.3) is 0 Å². The van der Waals surface area contributed by atoms with Crippen LogP contribution in [0.4, 0.5) is 4.39 Å². The number of benzene rings is 2. The van der Waals surface area contributed by atoms with E-state index in [4.69, 9.17) is 9.84 Å². The van der Waals surface area contributed by atoms with E-state index in [0.29, 0.717) is 32.7 Å². The highest BCUT2D eigenvalue weighted by molar-refractivity contribution is 5.87. The van der Waals surface area contributed by atoms with Crippen LogP contribution in [0, 0.1) is 5.82 Å². The number of hydrogen-bond acceptors (Lipinski definition) is 4. The number of aliphatic hydroxyl groups is 1. The number of carboxylic acid groups (broad SMARTS) is 1. The molecule has 0 bridgehead atoms. The van der Waals surface area contributed by atoms with Crippen LogP contribution in [0.2, 0.25) is 0 Å². The van der Waals surface area contributed by atoms with E-state index in [1.165, 1.54) is 12.1 Å². The van der Waals surface area contributed by atoms with Gasteiger partial charge in [-0.3, -0.25) is 4.90 Å². The van der Waals surface area contributed by atoms with Crippen LogP contribution >= 0.6 is 0 Å². The SMILES string of the molecule is O=C(O)c1ccc(CN2CCOC(CO)(Cc3cccc(F)c3)C2)cc1. The molecular weight excluding hydrogens is 337 g/mol. The second-order valence-electron chi connectivity index (χ2n) is 6.71. The molecule has 0 spiro atoms. The van der Waals surface area contributed by atoms with Gasteiger partial charge in [0.1, 0.15) is 11.4 Å². The number of nitrogens with zero attached hydrogens (tertiary/aromatic N) is 1. The van der Waals surface area contributed by atoms with Crippen molar-refractivity contribution in [2.24, 2.45) is 0 Å². The summed E-state index contributed by atoms with van der Waals surface area (Å²) in [5.74, 6) is -1.25. The van der Waals surface area contributed by atoms with E-state index in [9.17, 15) is 14.3 Å². The van der Waals surface area contributed by atoms with E-state index in [0.717, 1.165) is 11.1 Å². The van der Waals surface area contributed by atoms with Gasteiger partial charge >= 0.3 is 5.97 Å². The number of morpholine rings is 1. The molecule has 2 aromatic rings. The lowest BCUT2D eigenvalue weighted by Gasteiger charge is -2.42. The molecule has 138 valence electrons. The van der Waals surface area contributed by atoms with Crippen LogP contribution in [0.5, 0.6) is 0 Å². The maximum absolute atomic E-state index is 13.4. The second kappa shape index (κ2) is 7.95. The van der Waals surface area contributed by atoms with E-state index < -0.39 is 11.6 Å². The Labute approximate surface area is 151 Å². The first kappa shape index (κ1) is 18.5. The second-order valence-corrected chi connectivity index (χ2v) is 6.71. The summed E-state index contributed by atoms with van der Waals surface area (Å²) in [7, 11) is 0. The van der Waals surface area contributed by atoms with E-state index in [2.05, 4.69) is 4.90 Å². The summed E-state index contributed by atoms with van der Waals surface area (Å²) < 4.78 is 19.3. The van der Waals surface area contributed by atoms with E-state index in [1.54, 1.807) is 30.3 Å². The molecule has 1 atom stereocenters. The van der Waals surface area contributed by atoms with Gasteiger partial charge < -0.3 is 14.9 Å². The molecule has 1 aliphatic rings. The highest BCUT2D eigenvalue weighted by atomic mass is 19.1. The quantitative estimate of drug-likeness (QED) is 0.828. The fraction of sp³-hybridized carbons (Fsp3) is 0.350. The van der Waals surface area contributed by atoms with Crippen molar-refractivity contribution < 1.29 is 24.1 Å². The van der Waals surface area contributed by atoms with Crippen LogP contribution in [0.3, 0.4) is 0 Å². The summed E-state index contributed by atoms with van der Waals surface area (Å²) in [4.78, 5) is 13.1. The van der Waals surface area contributed by atoms with Gasteiger partial charge in [-0.15, -0.1) is 0 Å². The predicted octanol–water partition coefficient (Wildman–Crippen LogP) is 2.33. The largest absolute Gasteiger partial charge is 0.478 e. The number of carbonyl (C=O) groups is 1. The number of aromatic carboxylic acids is 1. The van der Waals surface area contributed by atoms with Gasteiger partial charge in [-0.25, -0.2) is 9.18 Å². The molecule has 0 radical (unpaired) electrons. The summed E-state index contributed by atoms with van der Waals surface area (Å²) in [6, 6.07) is 13.1. The molecule has 1 unspecified atom stereocenters. The van der Waals surface area contributed by atoms with Crippen molar-refractivity contribution in [2.45, 2.75) is 18.6 Å². The molecule has 1 saturated heterocycles. The van der Waals surface area contributed by atoms with Gasteiger partial charge in [-0.1, -0.05) is 24.3 Å². The molecule has 1 heterocycles. The molecule has 2 aromatic carbocycles. The third-order valence-electron chi connectivity index (χ3n) is 4.64. The minimum atomic E-state index is -0.947. The van der Waals surface area contributed by atoms with Gasteiger partial charge in [-0.2, -0.15) is 0 Å². The van der Waals surface area contributed by atoms with Crippen LogP contribution in [-0.4, -0.2) is 53.0 Å². The van der Waals surface area contributed by atoms with Gasteiger partial charge in [0.2, 0.25) is 0 Å². The third kappa shape index (κ3) is 4.46. The minimum Gasteiger partial charge on any atom is -0.478 e. The molecular formula is C20H22FNO4. The lowest BCUT2D eigenvalue weighted by molar-refractivity contribution is -0.134. The smallest absolute Gasteiger partial charge is 0.335 e. The Morgan fingerprint density at radius 1 is 1.19 bits per heavy atom. The normalized spacial score (nSPS) is 20.8. The van der Waals surface area contributed by atoms with Crippen LogP contribution in [-0.2, 0) is 17.7 Å². The summed E-state index contributed by atoms with van der Waals surface area (Å²) in [5, 5.41) is 18.9. The van der Waals surface area contributed by atoms with E-state index in [-0.39, 0.29) is 18.0 Å². The maximum Gasteiger partial charge on any atom is 0.335 e. The number of halogens is 1. The standard InChI is InChI=1S/C20H22FNO4/c21-18-3-1-2-16(10-18)11-20(14-23)13-22(8-9-26-20)12-15-4-6-17(7-5-15)19(24)25/h1-7,10,23H,8-9,11-14H2,(H,24,25). The first-order chi connectivity index (χ1) is 12.5. The topological polar surface area (TPSA) is 70.0 Å². The lowest BCUT2D eigenvalue weighted by Crippen LogP contribution is -2.55. The summed E-state index contributed by atoms with van der Waals surface area (Å²) >= 11 is 0. The van der Waals surface area contributed by atoms with Gasteiger partial charge in [0.05, 0.1) is 18.8 Å². The average Bonchev–Trinajstić information content (AvgIpc) is 2.62. The Hall–Kier alpha value is -2.28. The maximum atomic E-state index is 13.4. The monoisotopic (exact) mass is 359 g/mol. The van der Waals surface area contributed by atoms with Crippen molar-refractivity contribution in [3.8, 4) is 0 Å². The number of aliphatic hydroxyl groups excluding tert-OH is 1. The predicted molar refractivity (Wildman–Crippen MR) is 94.6 cm³/mol. The van der Waals surface area contributed by atoms with Gasteiger partial charge in [0, 0.05) is 26.1 Å². The molecule has 5 nitrogen and oxygen atoms in total. The van der Waals surface area contributed by atoms with Gasteiger partial charge in [0.25, 0.3) is 0 Å². The van der Waals surface area contributed by atoms with Crippen molar-refractivity contribution in [2.75, 3.05) is 26.3 Å². The Kier molecular flexibility index (Phi) is 5.66. The molecule has 0 saturated carbocycles. The molecule has 1 aliphatic heterocycles. The zero-order valence-corrected chi connectivity index (χ0v) is 14.4. The van der Waals surface area contributed by atoms with Crippen LogP contribution in [0.1, 0.15) is 21.5 Å². The molecule has 3 rings (SSSR count). The van der Waals surface area contributed by atoms with Crippen LogP contribution < -0.4 is 0 Å². The van der Waals surface area contributed by atoms with Crippen molar-refractivity contribution >= 4 is 5.97 Å². The fourth-order valence-corrected chi connectivity index (χ4v) is 3.35. The van der Waals surface area contributed by atoms with Gasteiger partial charge in [-0.05, 0) is 35.4 Å². The first-order valence-corrected chi connectivity index (χ1v) is 8.53. The molecule has 2 N–H and O–H groups in total. The van der Waals surface area contributed by atoms with Crippen molar-refractivity contribution in [3.63, 3.8) is 0 Å². The number of hydrogen-bond donors (Lipinski definition) is 2. The third-order valence-corrected chi connectivity index (χ3v) is 4.64. The summed E-state index contributed by atoms with van der Waals surface area (Å²) in [6.45, 7) is 2.18. The fourth-order valence-electron chi connectivity index (χ4n) is 3.35. The van der Waals surface area contributed by atoms with Crippen molar-refractivity contribution in [3.05, 3.63) is 71.0 Å². The molecule has 1 fully saturated rings. The summed E-state index contributed by atoms with van der Waals surface area (Å²) in [5.41, 5.74) is 1.26. The summed E-state index contributed by atoms with van der Waals surface area (Å²) in [6.07, 6.45) is 0.426. The first-order valence-electron chi connectivity index (χ1n) is 8.53. The van der Waals surface area contributed by atoms with E-state index in [1.807, 2.05) is 6.07 Å². The Morgan fingerprint density at radius 3 is 2.62 bits per heavy atom. The molecule has 26 heavy (non-hydrogen) atoms. The molecule has 6 heteroatoms. The zero-order chi connectivity index (χ0) is 18.6. The van der Waals surface area contributed by atoms with Gasteiger partial charge in [0.15, 0.2) is 0 Å².